The lowest BCUT2D eigenvalue weighted by Crippen LogP contribution is -2.38. The van der Waals surface area contributed by atoms with Gasteiger partial charge in [0.15, 0.2) is 17.5 Å². The van der Waals surface area contributed by atoms with E-state index in [9.17, 15) is 4.39 Å². The summed E-state index contributed by atoms with van der Waals surface area (Å²) in [5.41, 5.74) is 1.54. The van der Waals surface area contributed by atoms with Crippen LogP contribution < -0.4 is 24.8 Å². The second-order valence-corrected chi connectivity index (χ2v) is 5.98. The molecule has 2 aromatic rings. The number of guanidine groups is 1. The van der Waals surface area contributed by atoms with Gasteiger partial charge in [-0.2, -0.15) is 0 Å². The molecule has 0 atom stereocenters. The molecule has 0 saturated carbocycles. The molecule has 0 saturated heterocycles. The summed E-state index contributed by atoms with van der Waals surface area (Å²) in [5, 5.41) is 6.42. The van der Waals surface area contributed by atoms with Crippen molar-refractivity contribution in [2.24, 2.45) is 4.99 Å². The van der Waals surface area contributed by atoms with Crippen molar-refractivity contribution in [1.29, 1.82) is 0 Å². The van der Waals surface area contributed by atoms with Crippen LogP contribution in [0, 0.1) is 5.82 Å². The number of halogens is 2. The van der Waals surface area contributed by atoms with Crippen LogP contribution in [0.2, 0.25) is 0 Å². The van der Waals surface area contributed by atoms with Crippen LogP contribution in [0.4, 0.5) is 4.39 Å². The van der Waals surface area contributed by atoms with Gasteiger partial charge in [0.25, 0.3) is 0 Å². The first-order valence-corrected chi connectivity index (χ1v) is 9.17. The van der Waals surface area contributed by atoms with Gasteiger partial charge in [-0.15, -0.1) is 24.0 Å². The maximum atomic E-state index is 13.7. The monoisotopic (exact) mass is 517 g/mol. The normalized spacial score (nSPS) is 10.7. The third-order valence-electron chi connectivity index (χ3n) is 4.18. The van der Waals surface area contributed by atoms with Crippen LogP contribution in [0.5, 0.6) is 17.2 Å². The number of hydrogen-bond acceptors (Lipinski definition) is 4. The molecule has 0 heterocycles. The fraction of sp³-hybridized carbons (Fsp3) is 0.381. The van der Waals surface area contributed by atoms with E-state index in [0.29, 0.717) is 54.8 Å². The smallest absolute Gasteiger partial charge is 0.191 e. The van der Waals surface area contributed by atoms with Gasteiger partial charge < -0.3 is 24.8 Å². The highest BCUT2D eigenvalue weighted by atomic mass is 127. The molecule has 29 heavy (non-hydrogen) atoms. The first kappa shape index (κ1) is 24.8. The van der Waals surface area contributed by atoms with Crippen molar-refractivity contribution in [1.82, 2.24) is 10.6 Å². The van der Waals surface area contributed by atoms with Gasteiger partial charge in [0.05, 0.1) is 27.9 Å². The summed E-state index contributed by atoms with van der Waals surface area (Å²) in [6.07, 6.45) is 0.566. The summed E-state index contributed by atoms with van der Waals surface area (Å²) in [6.45, 7) is 3.66. The molecule has 2 rings (SSSR count). The van der Waals surface area contributed by atoms with Gasteiger partial charge >= 0.3 is 0 Å². The van der Waals surface area contributed by atoms with Gasteiger partial charge in [0, 0.05) is 24.7 Å². The highest BCUT2D eigenvalue weighted by Crippen LogP contribution is 2.34. The zero-order chi connectivity index (χ0) is 20.4. The number of nitrogens with one attached hydrogen (secondary N) is 2. The molecule has 8 heteroatoms. The molecule has 0 aliphatic rings. The number of hydrogen-bond donors (Lipinski definition) is 2. The van der Waals surface area contributed by atoms with E-state index in [-0.39, 0.29) is 29.8 Å². The van der Waals surface area contributed by atoms with E-state index in [0.717, 1.165) is 5.56 Å². The summed E-state index contributed by atoms with van der Waals surface area (Å²) in [6, 6.07) is 10.4. The minimum absolute atomic E-state index is 0. The molecule has 0 fully saturated rings. The van der Waals surface area contributed by atoms with E-state index in [2.05, 4.69) is 15.6 Å². The van der Waals surface area contributed by atoms with Crippen LogP contribution in [0.1, 0.15) is 18.1 Å². The van der Waals surface area contributed by atoms with Crippen LogP contribution in [-0.4, -0.2) is 40.4 Å². The minimum Gasteiger partial charge on any atom is -0.496 e. The first-order chi connectivity index (χ1) is 13.6. The molecule has 0 amide bonds. The standard InChI is InChI=1S/C21H28FN3O3.HI/c1-5-23-21(24-11-10-15-8-6-7-9-17(15)22)25-14-16-12-19(27-3)20(28-4)13-18(16)26-2;/h6-9,12-13H,5,10-11,14H2,1-4H3,(H2,23,24,25);1H. The quantitative estimate of drug-likeness (QED) is 0.301. The molecule has 6 nitrogen and oxygen atoms in total. The van der Waals surface area contributed by atoms with E-state index >= 15 is 0 Å². The van der Waals surface area contributed by atoms with E-state index in [1.54, 1.807) is 39.5 Å². The van der Waals surface area contributed by atoms with Gasteiger partial charge in [-0.1, -0.05) is 18.2 Å². The highest BCUT2D eigenvalue weighted by molar-refractivity contribution is 14.0. The van der Waals surface area contributed by atoms with Crippen molar-refractivity contribution in [3.8, 4) is 17.2 Å². The Balaban J connectivity index is 0.00000420. The van der Waals surface area contributed by atoms with Crippen LogP contribution >= 0.6 is 24.0 Å². The van der Waals surface area contributed by atoms with Crippen molar-refractivity contribution >= 4 is 29.9 Å². The Morgan fingerprint density at radius 2 is 1.59 bits per heavy atom. The molecule has 0 unspecified atom stereocenters. The van der Waals surface area contributed by atoms with Gasteiger partial charge in [-0.25, -0.2) is 9.38 Å². The third-order valence-corrected chi connectivity index (χ3v) is 4.18. The Labute approximate surface area is 188 Å². The minimum atomic E-state index is -0.193. The number of ether oxygens (including phenoxy) is 3. The highest BCUT2D eigenvalue weighted by Gasteiger charge is 2.12. The number of benzene rings is 2. The SMILES string of the molecule is CCNC(=NCc1cc(OC)c(OC)cc1OC)NCCc1ccccc1F.I. The molecule has 0 aromatic heterocycles. The van der Waals surface area contributed by atoms with Crippen LogP contribution in [-0.2, 0) is 13.0 Å². The molecular weight excluding hydrogens is 488 g/mol. The number of aliphatic imine (C=N–C) groups is 1. The molecule has 0 bridgehead atoms. The molecule has 0 aliphatic heterocycles. The number of rotatable bonds is 9. The zero-order valence-electron chi connectivity index (χ0n) is 17.3. The predicted octanol–water partition coefficient (Wildman–Crippen LogP) is 3.77. The first-order valence-electron chi connectivity index (χ1n) is 9.17. The Bertz CT molecular complexity index is 803. The van der Waals surface area contributed by atoms with Crippen LogP contribution in [0.25, 0.3) is 0 Å². The fourth-order valence-corrected chi connectivity index (χ4v) is 2.74. The van der Waals surface area contributed by atoms with Gasteiger partial charge in [0.2, 0.25) is 0 Å². The largest absolute Gasteiger partial charge is 0.496 e. The molecule has 2 N–H and O–H groups in total. The molecule has 0 radical (unpaired) electrons. The summed E-state index contributed by atoms with van der Waals surface area (Å²) in [5.74, 6) is 2.34. The predicted molar refractivity (Wildman–Crippen MR) is 124 cm³/mol. The Hall–Kier alpha value is -2.23. The second-order valence-electron chi connectivity index (χ2n) is 5.98. The number of nitrogens with zero attached hydrogens (tertiary/aromatic N) is 1. The summed E-state index contributed by atoms with van der Waals surface area (Å²) >= 11 is 0. The summed E-state index contributed by atoms with van der Waals surface area (Å²) < 4.78 is 29.8. The average Bonchev–Trinajstić information content (AvgIpc) is 2.72. The van der Waals surface area contributed by atoms with Gasteiger partial charge in [-0.3, -0.25) is 0 Å². The Morgan fingerprint density at radius 3 is 2.21 bits per heavy atom. The van der Waals surface area contributed by atoms with Crippen LogP contribution in [0.3, 0.4) is 0 Å². The molecule has 0 spiro atoms. The second kappa shape index (κ2) is 13.1. The van der Waals surface area contributed by atoms with E-state index in [1.807, 2.05) is 19.1 Å². The van der Waals surface area contributed by atoms with Crippen LogP contribution in [0.15, 0.2) is 41.4 Å². The van der Waals surface area contributed by atoms with Crippen molar-refractivity contribution in [3.63, 3.8) is 0 Å². The maximum absolute atomic E-state index is 13.7. The van der Waals surface area contributed by atoms with Gasteiger partial charge in [-0.05, 0) is 31.0 Å². The lowest BCUT2D eigenvalue weighted by atomic mass is 10.1. The third kappa shape index (κ3) is 7.26. The molecule has 160 valence electrons. The summed E-state index contributed by atoms with van der Waals surface area (Å²) in [4.78, 5) is 4.60. The summed E-state index contributed by atoms with van der Waals surface area (Å²) in [7, 11) is 4.77. The van der Waals surface area contributed by atoms with Crippen molar-refractivity contribution in [2.75, 3.05) is 34.4 Å². The van der Waals surface area contributed by atoms with Crippen molar-refractivity contribution in [2.45, 2.75) is 19.9 Å². The molecule has 2 aromatic carbocycles. The van der Waals surface area contributed by atoms with Gasteiger partial charge in [0.1, 0.15) is 11.6 Å². The van der Waals surface area contributed by atoms with Crippen molar-refractivity contribution < 1.29 is 18.6 Å². The average molecular weight is 517 g/mol. The Kier molecular flexibility index (Phi) is 11.2. The van der Waals surface area contributed by atoms with E-state index < -0.39 is 0 Å². The van der Waals surface area contributed by atoms with E-state index in [1.165, 1.54) is 6.07 Å². The Morgan fingerprint density at radius 1 is 0.931 bits per heavy atom. The van der Waals surface area contributed by atoms with Crippen molar-refractivity contribution in [3.05, 3.63) is 53.3 Å². The molecule has 0 aliphatic carbocycles. The maximum Gasteiger partial charge on any atom is 0.191 e. The van der Waals surface area contributed by atoms with E-state index in [4.69, 9.17) is 14.2 Å². The topological polar surface area (TPSA) is 64.1 Å². The lowest BCUT2D eigenvalue weighted by molar-refractivity contribution is 0.347. The molecular formula is C21H29FIN3O3. The number of methoxy groups -OCH3 is 3. The fourth-order valence-electron chi connectivity index (χ4n) is 2.74. The lowest BCUT2D eigenvalue weighted by Gasteiger charge is -2.14. The zero-order valence-corrected chi connectivity index (χ0v) is 19.6.